The standard InChI is InChI=1S/C21H11Cl2F2N5O3S/c22-12-6-14(20(26)31)18(23)17(7-12)34(32,33)30-16-4-3-15(24)13(19(16)25)2-1-10-5-11-9-28-29-21(11)27-8-10/h3-9,30H,(H2,26,31)(H,27,28,29). The lowest BCUT2D eigenvalue weighted by atomic mass is 10.1. The molecule has 2 aromatic carbocycles. The number of halogens is 4. The predicted molar refractivity (Wildman–Crippen MR) is 122 cm³/mol. The quantitative estimate of drug-likeness (QED) is 0.351. The number of amides is 1. The fourth-order valence-electron chi connectivity index (χ4n) is 2.92. The number of benzene rings is 2. The van der Waals surface area contributed by atoms with Crippen LogP contribution in [0.3, 0.4) is 0 Å². The third-order valence-electron chi connectivity index (χ3n) is 4.52. The molecule has 0 radical (unpaired) electrons. The van der Waals surface area contributed by atoms with Crippen LogP contribution in [0.2, 0.25) is 10.0 Å². The van der Waals surface area contributed by atoms with Crippen molar-refractivity contribution in [2.45, 2.75) is 4.90 Å². The molecule has 0 saturated heterocycles. The Bertz CT molecular complexity index is 1650. The molecule has 0 unspecified atom stereocenters. The molecule has 1 amide bonds. The molecular formula is C21H11Cl2F2N5O3S. The van der Waals surface area contributed by atoms with E-state index in [4.69, 9.17) is 28.9 Å². The number of primary amides is 1. The van der Waals surface area contributed by atoms with Gasteiger partial charge in [-0.15, -0.1) is 0 Å². The van der Waals surface area contributed by atoms with E-state index in [-0.39, 0.29) is 10.6 Å². The van der Waals surface area contributed by atoms with Crippen molar-refractivity contribution in [3.8, 4) is 11.8 Å². The number of nitrogens with one attached hydrogen (secondary N) is 2. The molecule has 13 heteroatoms. The molecule has 0 spiro atoms. The molecule has 4 aromatic rings. The van der Waals surface area contributed by atoms with Gasteiger partial charge in [0.25, 0.3) is 10.0 Å². The summed E-state index contributed by atoms with van der Waals surface area (Å²) in [6, 6.07) is 5.38. The highest BCUT2D eigenvalue weighted by atomic mass is 35.5. The number of H-pyrrole nitrogens is 1. The van der Waals surface area contributed by atoms with Gasteiger partial charge < -0.3 is 5.73 Å². The van der Waals surface area contributed by atoms with Crippen LogP contribution in [0.5, 0.6) is 0 Å². The molecule has 0 atom stereocenters. The average Bonchev–Trinajstić information content (AvgIpc) is 3.24. The molecule has 0 aliphatic heterocycles. The van der Waals surface area contributed by atoms with Crippen molar-refractivity contribution in [2.75, 3.05) is 4.72 Å². The fraction of sp³-hybridized carbons (Fsp3) is 0. The van der Waals surface area contributed by atoms with Gasteiger partial charge in [-0.25, -0.2) is 22.2 Å². The highest BCUT2D eigenvalue weighted by Crippen LogP contribution is 2.31. The van der Waals surface area contributed by atoms with Crippen LogP contribution < -0.4 is 10.5 Å². The van der Waals surface area contributed by atoms with Crippen LogP contribution >= 0.6 is 23.2 Å². The second-order valence-corrected chi connectivity index (χ2v) is 9.27. The molecule has 34 heavy (non-hydrogen) atoms. The van der Waals surface area contributed by atoms with E-state index in [1.165, 1.54) is 12.4 Å². The first-order valence-corrected chi connectivity index (χ1v) is 11.4. The van der Waals surface area contributed by atoms with Crippen molar-refractivity contribution in [1.29, 1.82) is 0 Å². The van der Waals surface area contributed by atoms with Gasteiger partial charge in [-0.05, 0) is 30.3 Å². The number of carbonyl (C=O) groups is 1. The number of sulfonamides is 1. The first kappa shape index (κ1) is 23.4. The Morgan fingerprint density at radius 1 is 1.12 bits per heavy atom. The maximum absolute atomic E-state index is 15.0. The Labute approximate surface area is 201 Å². The largest absolute Gasteiger partial charge is 0.366 e. The van der Waals surface area contributed by atoms with Gasteiger partial charge in [-0.2, -0.15) is 5.10 Å². The molecule has 0 aliphatic rings. The summed E-state index contributed by atoms with van der Waals surface area (Å²) in [7, 11) is -4.56. The number of carbonyl (C=O) groups excluding carboxylic acids is 1. The van der Waals surface area contributed by atoms with E-state index in [9.17, 15) is 17.6 Å². The van der Waals surface area contributed by atoms with Crippen LogP contribution in [0.1, 0.15) is 21.5 Å². The third kappa shape index (κ3) is 4.51. The van der Waals surface area contributed by atoms with E-state index in [1.54, 1.807) is 6.07 Å². The number of nitrogens with two attached hydrogens (primary N) is 1. The monoisotopic (exact) mass is 521 g/mol. The van der Waals surface area contributed by atoms with Gasteiger partial charge in [0, 0.05) is 22.2 Å². The van der Waals surface area contributed by atoms with Crippen LogP contribution in [0, 0.1) is 23.5 Å². The van der Waals surface area contributed by atoms with Gasteiger partial charge in [0.2, 0.25) is 5.91 Å². The summed E-state index contributed by atoms with van der Waals surface area (Å²) in [6.45, 7) is 0. The van der Waals surface area contributed by atoms with Crippen molar-refractivity contribution >= 4 is 55.9 Å². The Kier molecular flexibility index (Phi) is 6.14. The highest BCUT2D eigenvalue weighted by Gasteiger charge is 2.25. The number of rotatable bonds is 4. The number of anilines is 1. The number of hydrogen-bond acceptors (Lipinski definition) is 5. The molecule has 0 aliphatic carbocycles. The van der Waals surface area contributed by atoms with Gasteiger partial charge in [-0.1, -0.05) is 35.0 Å². The second kappa shape index (κ2) is 8.90. The van der Waals surface area contributed by atoms with Crippen LogP contribution in [0.4, 0.5) is 14.5 Å². The zero-order valence-corrected chi connectivity index (χ0v) is 19.0. The SMILES string of the molecule is NC(=O)c1cc(Cl)cc(S(=O)(=O)Nc2ccc(F)c(C#Cc3cnc4[nH]ncc4c3)c2F)c1Cl. The van der Waals surface area contributed by atoms with Crippen LogP contribution in [0.15, 0.2) is 47.6 Å². The second-order valence-electron chi connectivity index (χ2n) is 6.80. The van der Waals surface area contributed by atoms with E-state index in [0.29, 0.717) is 16.6 Å². The predicted octanol–water partition coefficient (Wildman–Crippen LogP) is 3.84. The lowest BCUT2D eigenvalue weighted by Crippen LogP contribution is -2.18. The molecule has 172 valence electrons. The number of hydrogen-bond donors (Lipinski definition) is 3. The number of nitrogens with zero attached hydrogens (tertiary/aromatic N) is 2. The average molecular weight is 522 g/mol. The topological polar surface area (TPSA) is 131 Å². The van der Waals surface area contributed by atoms with Gasteiger partial charge in [0.15, 0.2) is 11.5 Å². The van der Waals surface area contributed by atoms with E-state index in [2.05, 4.69) is 27.0 Å². The molecule has 4 N–H and O–H groups in total. The van der Waals surface area contributed by atoms with Gasteiger partial charge in [0.1, 0.15) is 10.7 Å². The van der Waals surface area contributed by atoms with Crippen molar-refractivity contribution in [3.63, 3.8) is 0 Å². The normalized spacial score (nSPS) is 11.2. The lowest BCUT2D eigenvalue weighted by molar-refractivity contribution is 0.1000. The molecule has 0 saturated carbocycles. The minimum Gasteiger partial charge on any atom is -0.366 e. The zero-order chi connectivity index (χ0) is 24.6. The van der Waals surface area contributed by atoms with Gasteiger partial charge in [0.05, 0.1) is 28.0 Å². The molecule has 0 bridgehead atoms. The van der Waals surface area contributed by atoms with Crippen LogP contribution in [-0.2, 0) is 10.0 Å². The number of aromatic amines is 1. The molecule has 2 heterocycles. The Morgan fingerprint density at radius 2 is 1.88 bits per heavy atom. The van der Waals surface area contributed by atoms with Crippen molar-refractivity contribution in [2.24, 2.45) is 5.73 Å². The summed E-state index contributed by atoms with van der Waals surface area (Å²) in [5.74, 6) is 1.64. The first-order valence-electron chi connectivity index (χ1n) is 9.17. The molecule has 2 aromatic heterocycles. The minimum atomic E-state index is -4.56. The van der Waals surface area contributed by atoms with Crippen LogP contribution in [0.25, 0.3) is 11.0 Å². The van der Waals surface area contributed by atoms with E-state index >= 15 is 4.39 Å². The Morgan fingerprint density at radius 3 is 2.62 bits per heavy atom. The summed E-state index contributed by atoms with van der Waals surface area (Å²) in [6.07, 6.45) is 2.89. The van der Waals surface area contributed by atoms with E-state index in [0.717, 1.165) is 24.3 Å². The molecule has 0 fully saturated rings. The summed E-state index contributed by atoms with van der Waals surface area (Å²) < 4.78 is 57.0. The van der Waals surface area contributed by atoms with Gasteiger partial charge >= 0.3 is 0 Å². The summed E-state index contributed by atoms with van der Waals surface area (Å²) >= 11 is 11.9. The van der Waals surface area contributed by atoms with E-state index < -0.39 is 48.7 Å². The van der Waals surface area contributed by atoms with Crippen molar-refractivity contribution in [1.82, 2.24) is 15.2 Å². The number of fused-ring (bicyclic) bond motifs is 1. The fourth-order valence-corrected chi connectivity index (χ4v) is 4.90. The molecule has 4 rings (SSSR count). The minimum absolute atomic E-state index is 0.145. The zero-order valence-electron chi connectivity index (χ0n) is 16.7. The maximum atomic E-state index is 15.0. The summed E-state index contributed by atoms with van der Waals surface area (Å²) in [5.41, 5.74) is 4.43. The Hall–Kier alpha value is -3.72. The highest BCUT2D eigenvalue weighted by molar-refractivity contribution is 7.92. The number of aromatic nitrogens is 3. The lowest BCUT2D eigenvalue weighted by Gasteiger charge is -2.13. The van der Waals surface area contributed by atoms with Crippen LogP contribution in [-0.4, -0.2) is 29.5 Å². The maximum Gasteiger partial charge on any atom is 0.263 e. The summed E-state index contributed by atoms with van der Waals surface area (Å²) in [5, 5.41) is 6.47. The first-order chi connectivity index (χ1) is 16.1. The molecular weight excluding hydrogens is 511 g/mol. The smallest absolute Gasteiger partial charge is 0.263 e. The van der Waals surface area contributed by atoms with Crippen molar-refractivity contribution in [3.05, 3.63) is 81.1 Å². The van der Waals surface area contributed by atoms with E-state index in [1.807, 2.05) is 4.72 Å². The summed E-state index contributed by atoms with van der Waals surface area (Å²) in [4.78, 5) is 15.0. The Balaban J connectivity index is 1.72. The van der Waals surface area contributed by atoms with Crippen molar-refractivity contribution < 1.29 is 22.0 Å². The van der Waals surface area contributed by atoms with Gasteiger partial charge in [-0.3, -0.25) is 14.6 Å². The number of pyridine rings is 1. The molecule has 8 nitrogen and oxygen atoms in total. The third-order valence-corrected chi connectivity index (χ3v) is 6.64.